The third-order valence-electron chi connectivity index (χ3n) is 2.58. The summed E-state index contributed by atoms with van der Waals surface area (Å²) in [6, 6.07) is 0.870. The molecule has 11 heteroatoms. The smallest absolute Gasteiger partial charge is 0.368 e. The molecule has 0 aromatic carbocycles. The van der Waals surface area contributed by atoms with Gasteiger partial charge in [-0.1, -0.05) is 0 Å². The van der Waals surface area contributed by atoms with E-state index in [2.05, 4.69) is 15.4 Å². The number of hydrogen-bond acceptors (Lipinski definition) is 5. The van der Waals surface area contributed by atoms with Gasteiger partial charge in [0.1, 0.15) is 5.52 Å². The molecule has 0 spiro atoms. The lowest BCUT2D eigenvalue weighted by Crippen LogP contribution is -2.19. The lowest BCUT2D eigenvalue weighted by atomic mass is 10.3. The number of alkyl halides is 3. The Bertz CT molecular complexity index is 741. The van der Waals surface area contributed by atoms with Gasteiger partial charge >= 0.3 is 6.18 Å². The minimum absolute atomic E-state index is 0.153. The molecular weight excluding hydrogens is 311 g/mol. The van der Waals surface area contributed by atoms with Crippen LogP contribution in [0.3, 0.4) is 0 Å². The summed E-state index contributed by atoms with van der Waals surface area (Å²) in [5.74, 6) is -0.0363. The summed E-state index contributed by atoms with van der Waals surface area (Å²) >= 11 is 0. The molecule has 116 valence electrons. The summed E-state index contributed by atoms with van der Waals surface area (Å²) in [6.07, 6.45) is -1.75. The van der Waals surface area contributed by atoms with Gasteiger partial charge in [0.05, 0.1) is 5.75 Å². The minimum atomic E-state index is -4.54. The number of aromatic nitrogens is 3. The van der Waals surface area contributed by atoms with Gasteiger partial charge in [-0.25, -0.2) is 23.1 Å². The summed E-state index contributed by atoms with van der Waals surface area (Å²) in [7, 11) is -3.56. The molecule has 0 saturated heterocycles. The highest BCUT2D eigenvalue weighted by molar-refractivity contribution is 7.89. The van der Waals surface area contributed by atoms with E-state index in [9.17, 15) is 21.6 Å². The molecule has 0 saturated carbocycles. The Balaban J connectivity index is 2.15. The molecule has 0 bridgehead atoms. The number of anilines is 1. The maximum Gasteiger partial charge on any atom is 0.435 e. The van der Waals surface area contributed by atoms with E-state index in [1.165, 1.54) is 12.4 Å². The van der Waals surface area contributed by atoms with Crippen LogP contribution in [0.2, 0.25) is 0 Å². The van der Waals surface area contributed by atoms with Crippen molar-refractivity contribution in [2.24, 2.45) is 5.14 Å². The Morgan fingerprint density at radius 1 is 1.38 bits per heavy atom. The van der Waals surface area contributed by atoms with Gasteiger partial charge in [0.2, 0.25) is 10.0 Å². The Labute approximate surface area is 118 Å². The zero-order valence-electron chi connectivity index (χ0n) is 10.6. The van der Waals surface area contributed by atoms with Gasteiger partial charge in [0.25, 0.3) is 0 Å². The maximum atomic E-state index is 12.6. The molecule has 0 aliphatic carbocycles. The van der Waals surface area contributed by atoms with Crippen LogP contribution in [-0.2, 0) is 16.2 Å². The monoisotopic (exact) mass is 323 g/mol. The zero-order valence-corrected chi connectivity index (χ0v) is 11.4. The summed E-state index contributed by atoms with van der Waals surface area (Å²) in [4.78, 5) is 3.92. The number of primary sulfonamides is 1. The van der Waals surface area contributed by atoms with E-state index in [1.807, 2.05) is 0 Å². The largest absolute Gasteiger partial charge is 0.435 e. The fourth-order valence-electron chi connectivity index (χ4n) is 1.68. The summed E-state index contributed by atoms with van der Waals surface area (Å²) in [6.45, 7) is 0.204. The van der Waals surface area contributed by atoms with Crippen LogP contribution in [0, 0.1) is 0 Å². The average Bonchev–Trinajstić information content (AvgIpc) is 2.77. The van der Waals surface area contributed by atoms with Crippen molar-refractivity contribution in [3.05, 3.63) is 24.2 Å². The first-order valence-corrected chi connectivity index (χ1v) is 7.54. The number of rotatable bonds is 5. The Morgan fingerprint density at radius 2 is 2.10 bits per heavy atom. The first kappa shape index (κ1) is 15.5. The molecule has 0 aliphatic heterocycles. The first-order valence-electron chi connectivity index (χ1n) is 5.83. The third kappa shape index (κ3) is 4.04. The average molecular weight is 323 g/mol. The second kappa shape index (κ2) is 5.48. The zero-order chi connectivity index (χ0) is 15.7. The number of sulfonamides is 1. The molecule has 2 aromatic heterocycles. The van der Waals surface area contributed by atoms with Crippen molar-refractivity contribution in [2.75, 3.05) is 17.6 Å². The lowest BCUT2D eigenvalue weighted by molar-refractivity contribution is -0.141. The molecule has 3 N–H and O–H groups in total. The van der Waals surface area contributed by atoms with Gasteiger partial charge in [-0.05, 0) is 6.42 Å². The SMILES string of the molecule is NS(=O)(=O)CCCNc1nccn2nc(C(F)(F)F)cc12. The summed E-state index contributed by atoms with van der Waals surface area (Å²) in [5.41, 5.74) is -0.872. The molecular formula is C10H12F3N5O2S. The molecule has 0 aliphatic rings. The Kier molecular flexibility index (Phi) is 4.05. The van der Waals surface area contributed by atoms with Gasteiger partial charge in [-0.3, -0.25) is 0 Å². The van der Waals surface area contributed by atoms with Crippen molar-refractivity contribution in [2.45, 2.75) is 12.6 Å². The molecule has 2 aromatic rings. The summed E-state index contributed by atoms with van der Waals surface area (Å²) in [5, 5.41) is 11.0. The number of nitrogens with two attached hydrogens (primary N) is 1. The van der Waals surface area contributed by atoms with Gasteiger partial charge in [0, 0.05) is 25.0 Å². The van der Waals surface area contributed by atoms with Crippen molar-refractivity contribution in [1.82, 2.24) is 14.6 Å². The van der Waals surface area contributed by atoms with Crippen LogP contribution in [0.25, 0.3) is 5.52 Å². The normalized spacial score (nSPS) is 12.8. The van der Waals surface area contributed by atoms with E-state index in [1.54, 1.807) is 0 Å². The van der Waals surface area contributed by atoms with E-state index in [-0.39, 0.29) is 30.1 Å². The molecule has 0 amide bonds. The van der Waals surface area contributed by atoms with E-state index in [0.29, 0.717) is 0 Å². The van der Waals surface area contributed by atoms with E-state index < -0.39 is 21.9 Å². The minimum Gasteiger partial charge on any atom is -0.368 e. The highest BCUT2D eigenvalue weighted by Crippen LogP contribution is 2.29. The second-order valence-electron chi connectivity index (χ2n) is 4.28. The molecule has 0 radical (unpaired) electrons. The second-order valence-corrected chi connectivity index (χ2v) is 6.01. The third-order valence-corrected chi connectivity index (χ3v) is 3.44. The summed E-state index contributed by atoms with van der Waals surface area (Å²) < 4.78 is 60.4. The van der Waals surface area contributed by atoms with Gasteiger partial charge < -0.3 is 5.32 Å². The number of nitrogens with one attached hydrogen (secondary N) is 1. The van der Waals surface area contributed by atoms with Crippen molar-refractivity contribution in [3.8, 4) is 0 Å². The molecule has 7 nitrogen and oxygen atoms in total. The van der Waals surface area contributed by atoms with Crippen LogP contribution in [0.5, 0.6) is 0 Å². The Morgan fingerprint density at radius 3 is 2.71 bits per heavy atom. The van der Waals surface area contributed by atoms with Crippen molar-refractivity contribution in [3.63, 3.8) is 0 Å². The topological polar surface area (TPSA) is 102 Å². The first-order chi connectivity index (χ1) is 9.67. The fraction of sp³-hybridized carbons (Fsp3) is 0.400. The number of halogens is 3. The van der Waals surface area contributed by atoms with Gasteiger partial charge in [-0.2, -0.15) is 18.3 Å². The van der Waals surface area contributed by atoms with Crippen LogP contribution in [0.4, 0.5) is 19.0 Å². The van der Waals surface area contributed by atoms with Crippen LogP contribution in [0.1, 0.15) is 12.1 Å². The molecule has 2 heterocycles. The van der Waals surface area contributed by atoms with Crippen LogP contribution < -0.4 is 10.5 Å². The molecule has 2 rings (SSSR count). The molecule has 0 unspecified atom stereocenters. The molecule has 21 heavy (non-hydrogen) atoms. The van der Waals surface area contributed by atoms with Crippen molar-refractivity contribution in [1.29, 1.82) is 0 Å². The highest BCUT2D eigenvalue weighted by atomic mass is 32.2. The molecule has 0 atom stereocenters. The van der Waals surface area contributed by atoms with E-state index in [0.717, 1.165) is 10.6 Å². The van der Waals surface area contributed by atoms with Crippen LogP contribution in [0.15, 0.2) is 18.5 Å². The quantitative estimate of drug-likeness (QED) is 0.794. The van der Waals surface area contributed by atoms with E-state index >= 15 is 0 Å². The number of hydrogen-bond donors (Lipinski definition) is 2. The van der Waals surface area contributed by atoms with Crippen LogP contribution in [-0.4, -0.2) is 35.3 Å². The van der Waals surface area contributed by atoms with Crippen LogP contribution >= 0.6 is 0 Å². The molecule has 0 fully saturated rings. The number of fused-ring (bicyclic) bond motifs is 1. The lowest BCUT2D eigenvalue weighted by Gasteiger charge is -2.05. The maximum absolute atomic E-state index is 12.6. The Hall–Kier alpha value is -1.88. The predicted molar refractivity (Wildman–Crippen MR) is 69.1 cm³/mol. The van der Waals surface area contributed by atoms with Gasteiger partial charge in [-0.15, -0.1) is 0 Å². The van der Waals surface area contributed by atoms with Crippen molar-refractivity contribution < 1.29 is 21.6 Å². The highest BCUT2D eigenvalue weighted by Gasteiger charge is 2.34. The number of nitrogens with zero attached hydrogens (tertiary/aromatic N) is 3. The van der Waals surface area contributed by atoms with E-state index in [4.69, 9.17) is 5.14 Å². The fourth-order valence-corrected chi connectivity index (χ4v) is 2.22. The standard InChI is InChI=1S/C10H12F3N5O2S/c11-10(12,13)8-6-7-9(16-3-4-18(7)17-8)15-2-1-5-21(14,19)20/h3-4,6H,1-2,5H2,(H,15,16)(H2,14,19,20). The van der Waals surface area contributed by atoms with Crippen molar-refractivity contribution >= 4 is 21.4 Å². The predicted octanol–water partition coefficient (Wildman–Crippen LogP) is 0.839. The van der Waals surface area contributed by atoms with Gasteiger partial charge in [0.15, 0.2) is 11.5 Å².